The van der Waals surface area contributed by atoms with Crippen LogP contribution in [0.4, 0.5) is 0 Å². The summed E-state index contributed by atoms with van der Waals surface area (Å²) in [7, 11) is 0. The van der Waals surface area contributed by atoms with Crippen molar-refractivity contribution in [2.45, 2.75) is 11.6 Å². The Hall–Kier alpha value is -1.37. The van der Waals surface area contributed by atoms with Crippen LogP contribution in [0.3, 0.4) is 0 Å². The van der Waals surface area contributed by atoms with Gasteiger partial charge in [-0.05, 0) is 22.9 Å². The van der Waals surface area contributed by atoms with Crippen LogP contribution in [0.2, 0.25) is 0 Å². The van der Waals surface area contributed by atoms with Gasteiger partial charge in [-0.25, -0.2) is 4.98 Å². The van der Waals surface area contributed by atoms with Crippen LogP contribution in [0.1, 0.15) is 11.2 Å². The average Bonchev–Trinajstić information content (AvgIpc) is 3.18. The van der Waals surface area contributed by atoms with Gasteiger partial charge in [0.25, 0.3) is 0 Å². The molecule has 0 amide bonds. The maximum atomic E-state index is 12.3. The highest BCUT2D eigenvalue weighted by molar-refractivity contribution is 7.99. The SMILES string of the molecule is O=C1CCSc2nc(-c3cccs3)c(-c3cccs3)n21. The zero-order valence-electron chi connectivity index (χ0n) is 10.4. The van der Waals surface area contributed by atoms with Gasteiger partial charge in [-0.15, -0.1) is 22.7 Å². The van der Waals surface area contributed by atoms with Gasteiger partial charge in [0.1, 0.15) is 5.69 Å². The Morgan fingerprint density at radius 2 is 1.85 bits per heavy atom. The first kappa shape index (κ1) is 12.4. The van der Waals surface area contributed by atoms with E-state index >= 15 is 0 Å². The Bertz CT molecular complexity index is 757. The molecule has 0 fully saturated rings. The molecule has 4 heterocycles. The minimum atomic E-state index is 0.150. The maximum absolute atomic E-state index is 12.3. The summed E-state index contributed by atoms with van der Waals surface area (Å²) >= 11 is 4.97. The lowest BCUT2D eigenvalue weighted by molar-refractivity contribution is 0.0898. The number of hydrogen-bond acceptors (Lipinski definition) is 5. The molecule has 0 saturated heterocycles. The number of rotatable bonds is 2. The molecular formula is C14H10N2OS3. The second-order valence-electron chi connectivity index (χ2n) is 4.37. The molecule has 20 heavy (non-hydrogen) atoms. The van der Waals surface area contributed by atoms with Gasteiger partial charge >= 0.3 is 0 Å². The standard InChI is InChI=1S/C14H10N2OS3/c17-11-5-8-20-14-15-12(9-3-1-6-18-9)13(16(11)14)10-4-2-7-19-10/h1-4,6-7H,5,8H2. The number of carbonyl (C=O) groups is 1. The van der Waals surface area contributed by atoms with Crippen molar-refractivity contribution in [3.05, 3.63) is 35.0 Å². The van der Waals surface area contributed by atoms with Gasteiger partial charge in [-0.3, -0.25) is 9.36 Å². The normalized spacial score (nSPS) is 14.5. The fourth-order valence-electron chi connectivity index (χ4n) is 2.30. The summed E-state index contributed by atoms with van der Waals surface area (Å²) in [5.74, 6) is 0.973. The van der Waals surface area contributed by atoms with Crippen LogP contribution in [-0.4, -0.2) is 21.2 Å². The number of thiophene rings is 2. The minimum Gasteiger partial charge on any atom is -0.274 e. The number of imidazole rings is 1. The zero-order valence-corrected chi connectivity index (χ0v) is 12.9. The van der Waals surface area contributed by atoms with Gasteiger partial charge in [0.15, 0.2) is 5.16 Å². The third kappa shape index (κ3) is 1.87. The number of nitrogens with zero attached hydrogens (tertiary/aromatic N) is 2. The van der Waals surface area contributed by atoms with E-state index in [1.807, 2.05) is 22.9 Å². The minimum absolute atomic E-state index is 0.150. The van der Waals surface area contributed by atoms with Crippen LogP contribution in [-0.2, 0) is 0 Å². The summed E-state index contributed by atoms with van der Waals surface area (Å²) in [4.78, 5) is 19.2. The van der Waals surface area contributed by atoms with Gasteiger partial charge < -0.3 is 0 Å². The molecule has 1 aliphatic heterocycles. The predicted octanol–water partition coefficient (Wildman–Crippen LogP) is 4.48. The van der Waals surface area contributed by atoms with Crippen molar-refractivity contribution in [3.63, 3.8) is 0 Å². The van der Waals surface area contributed by atoms with E-state index in [-0.39, 0.29) is 5.91 Å². The lowest BCUT2D eigenvalue weighted by Crippen LogP contribution is -2.17. The van der Waals surface area contributed by atoms with Crippen molar-refractivity contribution in [3.8, 4) is 21.1 Å². The number of hydrogen-bond donors (Lipinski definition) is 0. The molecule has 3 nitrogen and oxygen atoms in total. The molecular weight excluding hydrogens is 308 g/mol. The molecule has 0 radical (unpaired) electrons. The molecule has 1 aliphatic rings. The van der Waals surface area contributed by atoms with Crippen molar-refractivity contribution in [2.24, 2.45) is 0 Å². The second-order valence-corrected chi connectivity index (χ2v) is 7.33. The Balaban J connectivity index is 2.02. The van der Waals surface area contributed by atoms with Crippen LogP contribution in [0, 0.1) is 0 Å². The summed E-state index contributed by atoms with van der Waals surface area (Å²) in [5.41, 5.74) is 1.88. The third-order valence-corrected chi connectivity index (χ3v) is 5.85. The van der Waals surface area contributed by atoms with Gasteiger partial charge in [-0.2, -0.15) is 0 Å². The van der Waals surface area contributed by atoms with E-state index < -0.39 is 0 Å². The predicted molar refractivity (Wildman–Crippen MR) is 84.8 cm³/mol. The summed E-state index contributed by atoms with van der Waals surface area (Å²) in [6.45, 7) is 0. The molecule has 3 aromatic rings. The lowest BCUT2D eigenvalue weighted by Gasteiger charge is -2.13. The van der Waals surface area contributed by atoms with Crippen LogP contribution >= 0.6 is 34.4 Å². The van der Waals surface area contributed by atoms with Gasteiger partial charge in [-0.1, -0.05) is 23.9 Å². The first-order chi connectivity index (χ1) is 9.84. The topological polar surface area (TPSA) is 34.9 Å². The Labute approximate surface area is 128 Å². The van der Waals surface area contributed by atoms with Crippen molar-refractivity contribution >= 4 is 40.3 Å². The number of thioether (sulfide) groups is 1. The first-order valence-corrected chi connectivity index (χ1v) is 8.95. The molecule has 0 atom stereocenters. The van der Waals surface area contributed by atoms with Gasteiger partial charge in [0.2, 0.25) is 5.91 Å². The van der Waals surface area contributed by atoms with E-state index in [1.54, 1.807) is 39.0 Å². The summed E-state index contributed by atoms with van der Waals surface area (Å²) < 4.78 is 1.80. The lowest BCUT2D eigenvalue weighted by atomic mass is 10.2. The quantitative estimate of drug-likeness (QED) is 0.699. The van der Waals surface area contributed by atoms with Crippen molar-refractivity contribution in [1.82, 2.24) is 9.55 Å². The van der Waals surface area contributed by atoms with E-state index in [4.69, 9.17) is 4.98 Å². The van der Waals surface area contributed by atoms with E-state index in [1.165, 1.54) is 0 Å². The van der Waals surface area contributed by atoms with Crippen molar-refractivity contribution in [1.29, 1.82) is 0 Å². The molecule has 6 heteroatoms. The highest BCUT2D eigenvalue weighted by Crippen LogP contribution is 2.40. The smallest absolute Gasteiger partial charge is 0.234 e. The summed E-state index contributed by atoms with van der Waals surface area (Å²) in [6.07, 6.45) is 0.580. The molecule has 4 rings (SSSR count). The van der Waals surface area contributed by atoms with E-state index in [2.05, 4.69) is 12.1 Å². The molecule has 0 spiro atoms. The van der Waals surface area contributed by atoms with Crippen LogP contribution in [0.25, 0.3) is 21.1 Å². The van der Waals surface area contributed by atoms with E-state index in [9.17, 15) is 4.79 Å². The third-order valence-electron chi connectivity index (χ3n) is 3.15. The van der Waals surface area contributed by atoms with E-state index in [0.717, 1.165) is 32.1 Å². The van der Waals surface area contributed by atoms with E-state index in [0.29, 0.717) is 6.42 Å². The largest absolute Gasteiger partial charge is 0.274 e. The van der Waals surface area contributed by atoms with Crippen molar-refractivity contribution < 1.29 is 4.79 Å². The fraction of sp³-hybridized carbons (Fsp3) is 0.143. The average molecular weight is 318 g/mol. The first-order valence-electron chi connectivity index (χ1n) is 6.21. The molecule has 0 aliphatic carbocycles. The Morgan fingerprint density at radius 1 is 1.10 bits per heavy atom. The van der Waals surface area contributed by atoms with Gasteiger partial charge in [0.05, 0.1) is 15.4 Å². The molecule has 0 aromatic carbocycles. The van der Waals surface area contributed by atoms with Gasteiger partial charge in [0, 0.05) is 12.2 Å². The Morgan fingerprint density at radius 3 is 2.55 bits per heavy atom. The second kappa shape index (κ2) is 4.87. The number of carbonyl (C=O) groups excluding carboxylic acids is 1. The maximum Gasteiger partial charge on any atom is 0.234 e. The van der Waals surface area contributed by atoms with Crippen molar-refractivity contribution in [2.75, 3.05) is 5.75 Å². The van der Waals surface area contributed by atoms with Crippen LogP contribution in [0.5, 0.6) is 0 Å². The Kier molecular flexibility index (Phi) is 3.02. The summed E-state index contributed by atoms with van der Waals surface area (Å²) in [5, 5.41) is 4.91. The molecule has 0 unspecified atom stereocenters. The molecule has 3 aromatic heterocycles. The molecule has 0 bridgehead atoms. The highest BCUT2D eigenvalue weighted by atomic mass is 32.2. The zero-order chi connectivity index (χ0) is 13.5. The fourth-order valence-corrected chi connectivity index (χ4v) is 4.71. The van der Waals surface area contributed by atoms with Crippen LogP contribution < -0.4 is 0 Å². The summed E-state index contributed by atoms with van der Waals surface area (Å²) in [6, 6.07) is 8.15. The highest BCUT2D eigenvalue weighted by Gasteiger charge is 2.27. The number of aromatic nitrogens is 2. The molecule has 0 saturated carbocycles. The molecule has 0 N–H and O–H groups in total. The molecule has 100 valence electrons. The van der Waals surface area contributed by atoms with Crippen LogP contribution in [0.15, 0.2) is 40.2 Å². The number of fused-ring (bicyclic) bond motifs is 1. The monoisotopic (exact) mass is 318 g/mol.